The van der Waals surface area contributed by atoms with E-state index in [1.807, 2.05) is 13.0 Å². The van der Waals surface area contributed by atoms with Crippen LogP contribution in [0.15, 0.2) is 18.2 Å². The highest BCUT2D eigenvalue weighted by molar-refractivity contribution is 9.18. The number of amides is 1. The van der Waals surface area contributed by atoms with Crippen molar-refractivity contribution < 1.29 is 4.79 Å². The van der Waals surface area contributed by atoms with Gasteiger partial charge in [-0.1, -0.05) is 19.9 Å². The summed E-state index contributed by atoms with van der Waals surface area (Å²) in [6.45, 7) is 6.71. The van der Waals surface area contributed by atoms with Gasteiger partial charge in [-0.15, -0.1) is 0 Å². The van der Waals surface area contributed by atoms with Gasteiger partial charge in [0.15, 0.2) is 0 Å². The molecule has 0 spiro atoms. The number of hydrogen-bond donors (Lipinski definition) is 2. The van der Waals surface area contributed by atoms with Gasteiger partial charge in [-0.25, -0.2) is 4.98 Å². The first-order chi connectivity index (χ1) is 8.38. The molecular formula is C13H16BrN3O. The lowest BCUT2D eigenvalue weighted by atomic mass is 9.84. The van der Waals surface area contributed by atoms with Gasteiger partial charge in [0.05, 0.1) is 11.0 Å². The number of aromatic nitrogens is 2. The van der Waals surface area contributed by atoms with Crippen LogP contribution in [0.2, 0.25) is 0 Å². The van der Waals surface area contributed by atoms with Crippen molar-refractivity contribution in [1.82, 2.24) is 15.3 Å². The van der Waals surface area contributed by atoms with Crippen molar-refractivity contribution in [2.24, 2.45) is 0 Å². The molecule has 1 amide bonds. The lowest BCUT2D eigenvalue weighted by Crippen LogP contribution is -2.34. The van der Waals surface area contributed by atoms with Crippen LogP contribution in [0, 0.1) is 6.92 Å². The quantitative estimate of drug-likeness (QED) is 0.675. The highest BCUT2D eigenvalue weighted by Crippen LogP contribution is 2.25. The molecule has 0 saturated carbocycles. The third-order valence-electron chi connectivity index (χ3n) is 3.05. The van der Waals surface area contributed by atoms with Gasteiger partial charge in [0.1, 0.15) is 5.82 Å². The van der Waals surface area contributed by atoms with Crippen molar-refractivity contribution in [3.63, 3.8) is 0 Å². The third kappa shape index (κ3) is 2.72. The fourth-order valence-corrected chi connectivity index (χ4v) is 2.09. The Bertz CT molecular complexity index is 589. The fourth-order valence-electron chi connectivity index (χ4n) is 1.95. The van der Waals surface area contributed by atoms with Crippen LogP contribution < -0.4 is 5.32 Å². The minimum atomic E-state index is -0.186. The Morgan fingerprint density at radius 3 is 2.89 bits per heavy atom. The lowest BCUT2D eigenvalue weighted by Gasteiger charge is -2.25. The second-order valence-corrected chi connectivity index (χ2v) is 5.79. The maximum Gasteiger partial charge on any atom is 0.287 e. The summed E-state index contributed by atoms with van der Waals surface area (Å²) in [6, 6.07) is 6.16. The second-order valence-electron chi connectivity index (χ2n) is 5.07. The molecule has 0 radical (unpaired) electrons. The second kappa shape index (κ2) is 4.72. The van der Waals surface area contributed by atoms with Gasteiger partial charge < -0.3 is 10.3 Å². The van der Waals surface area contributed by atoms with E-state index in [4.69, 9.17) is 0 Å². The molecule has 2 rings (SSSR count). The van der Waals surface area contributed by atoms with E-state index >= 15 is 0 Å². The SMILES string of the molecule is Cc1nc2ccc(C(C)(C)CNC(=O)Br)cc2[nH]1. The Morgan fingerprint density at radius 2 is 2.22 bits per heavy atom. The number of rotatable bonds is 3. The molecule has 0 unspecified atom stereocenters. The molecule has 18 heavy (non-hydrogen) atoms. The van der Waals surface area contributed by atoms with Crippen LogP contribution in [-0.4, -0.2) is 21.3 Å². The summed E-state index contributed by atoms with van der Waals surface area (Å²) in [5.41, 5.74) is 3.04. The van der Waals surface area contributed by atoms with E-state index in [0.717, 1.165) is 16.9 Å². The molecular weight excluding hydrogens is 294 g/mol. The zero-order chi connectivity index (χ0) is 13.3. The highest BCUT2D eigenvalue weighted by Gasteiger charge is 2.21. The van der Waals surface area contributed by atoms with Crippen LogP contribution in [0.3, 0.4) is 0 Å². The topological polar surface area (TPSA) is 57.8 Å². The van der Waals surface area contributed by atoms with Crippen LogP contribution in [0.1, 0.15) is 25.2 Å². The van der Waals surface area contributed by atoms with Crippen molar-refractivity contribution in [1.29, 1.82) is 0 Å². The van der Waals surface area contributed by atoms with E-state index in [1.165, 1.54) is 5.56 Å². The van der Waals surface area contributed by atoms with E-state index in [-0.39, 0.29) is 10.2 Å². The number of carbonyl (C=O) groups excluding carboxylic acids is 1. The number of benzene rings is 1. The molecule has 4 nitrogen and oxygen atoms in total. The van der Waals surface area contributed by atoms with Crippen molar-refractivity contribution in [3.8, 4) is 0 Å². The zero-order valence-corrected chi connectivity index (χ0v) is 12.3. The zero-order valence-electron chi connectivity index (χ0n) is 10.7. The molecule has 2 N–H and O–H groups in total. The first kappa shape index (κ1) is 13.1. The first-order valence-corrected chi connectivity index (χ1v) is 6.58. The monoisotopic (exact) mass is 309 g/mol. The van der Waals surface area contributed by atoms with E-state index in [0.29, 0.717) is 6.54 Å². The number of aryl methyl sites for hydroxylation is 1. The maximum atomic E-state index is 10.9. The van der Waals surface area contributed by atoms with Gasteiger partial charge in [-0.3, -0.25) is 4.79 Å². The van der Waals surface area contributed by atoms with Gasteiger partial charge >= 0.3 is 0 Å². The van der Waals surface area contributed by atoms with Crippen LogP contribution >= 0.6 is 15.9 Å². The Morgan fingerprint density at radius 1 is 1.50 bits per heavy atom. The number of carbonyl (C=O) groups is 1. The Balaban J connectivity index is 2.31. The molecule has 5 heteroatoms. The number of nitrogens with one attached hydrogen (secondary N) is 2. The van der Waals surface area contributed by atoms with Crippen LogP contribution in [0.4, 0.5) is 4.79 Å². The smallest absolute Gasteiger partial charge is 0.287 e. The summed E-state index contributed by atoms with van der Waals surface area (Å²) in [6.07, 6.45) is 0. The molecule has 0 aliphatic rings. The number of aromatic amines is 1. The summed E-state index contributed by atoms with van der Waals surface area (Å²) in [5, 5.41) is 2.79. The number of H-pyrrole nitrogens is 1. The minimum absolute atomic E-state index is 0.128. The molecule has 1 heterocycles. The van der Waals surface area contributed by atoms with Gasteiger partial charge in [-0.05, 0) is 24.6 Å². The molecule has 96 valence electrons. The van der Waals surface area contributed by atoms with E-state index in [1.54, 1.807) is 0 Å². The van der Waals surface area contributed by atoms with E-state index < -0.39 is 0 Å². The van der Waals surface area contributed by atoms with Gasteiger partial charge in [0.2, 0.25) is 0 Å². The summed E-state index contributed by atoms with van der Waals surface area (Å²) < 4.78 is 0. The Kier molecular flexibility index (Phi) is 3.43. The van der Waals surface area contributed by atoms with Crippen LogP contribution in [0.5, 0.6) is 0 Å². The largest absolute Gasteiger partial charge is 0.346 e. The molecule has 0 aliphatic carbocycles. The molecule has 1 aromatic heterocycles. The van der Waals surface area contributed by atoms with Gasteiger partial charge in [-0.2, -0.15) is 0 Å². The number of imidazole rings is 1. The van der Waals surface area contributed by atoms with Crippen molar-refractivity contribution >= 4 is 31.8 Å². The molecule has 1 aromatic carbocycles. The fraction of sp³-hybridized carbons (Fsp3) is 0.385. The third-order valence-corrected chi connectivity index (χ3v) is 3.33. The summed E-state index contributed by atoms with van der Waals surface area (Å²) >= 11 is 2.88. The van der Waals surface area contributed by atoms with Crippen molar-refractivity contribution in [2.75, 3.05) is 6.54 Å². The molecule has 0 saturated heterocycles. The predicted octanol–water partition coefficient (Wildman–Crippen LogP) is 3.25. The first-order valence-electron chi connectivity index (χ1n) is 5.79. The maximum absolute atomic E-state index is 10.9. The summed E-state index contributed by atoms with van der Waals surface area (Å²) in [4.78, 5) is 18.3. The average molecular weight is 310 g/mol. The Labute approximate surface area is 114 Å². The molecule has 2 aromatic rings. The molecule has 0 bridgehead atoms. The van der Waals surface area contributed by atoms with Crippen molar-refractivity contribution in [3.05, 3.63) is 29.6 Å². The molecule has 0 atom stereocenters. The normalized spacial score (nSPS) is 11.8. The van der Waals surface area contributed by atoms with Crippen LogP contribution in [0.25, 0.3) is 11.0 Å². The summed E-state index contributed by atoms with van der Waals surface area (Å²) in [7, 11) is 0. The number of halogens is 1. The standard InChI is InChI=1S/C13H16BrN3O/c1-8-16-10-5-4-9(6-11(10)17-8)13(2,3)7-15-12(14)18/h4-6H,7H2,1-3H3,(H,15,18)(H,16,17). The molecule has 0 fully saturated rings. The minimum Gasteiger partial charge on any atom is -0.346 e. The Hall–Kier alpha value is -1.36. The number of hydrogen-bond acceptors (Lipinski definition) is 2. The van der Waals surface area contributed by atoms with E-state index in [9.17, 15) is 4.79 Å². The number of fused-ring (bicyclic) bond motifs is 1. The van der Waals surface area contributed by atoms with Gasteiger partial charge in [0.25, 0.3) is 4.82 Å². The van der Waals surface area contributed by atoms with Gasteiger partial charge in [0, 0.05) is 27.9 Å². The number of nitrogens with zero attached hydrogens (tertiary/aromatic N) is 1. The van der Waals surface area contributed by atoms with Crippen LogP contribution in [-0.2, 0) is 5.41 Å². The van der Waals surface area contributed by atoms with E-state index in [2.05, 4.69) is 57.2 Å². The molecule has 0 aliphatic heterocycles. The summed E-state index contributed by atoms with van der Waals surface area (Å²) in [5.74, 6) is 0.911. The average Bonchev–Trinajstić information content (AvgIpc) is 2.65. The predicted molar refractivity (Wildman–Crippen MR) is 76.2 cm³/mol. The highest BCUT2D eigenvalue weighted by atomic mass is 79.9. The van der Waals surface area contributed by atoms with Crippen molar-refractivity contribution in [2.45, 2.75) is 26.2 Å². The lowest BCUT2D eigenvalue weighted by molar-refractivity contribution is 0.259.